The molecule has 132 valence electrons. The van der Waals surface area contributed by atoms with Crippen LogP contribution in [-0.4, -0.2) is 17.4 Å². The molecule has 2 heteroatoms. The molecule has 0 saturated heterocycles. The maximum Gasteiger partial charge on any atom is 0.100 e. The molecule has 0 aromatic carbocycles. The number of rotatable bonds is 1. The van der Waals surface area contributed by atoms with Crippen molar-refractivity contribution in [2.24, 2.45) is 40.4 Å². The van der Waals surface area contributed by atoms with Gasteiger partial charge in [0.2, 0.25) is 0 Å². The van der Waals surface area contributed by atoms with Crippen LogP contribution in [0.3, 0.4) is 0 Å². The van der Waals surface area contributed by atoms with Crippen LogP contribution in [0.15, 0.2) is 0 Å². The third kappa shape index (κ3) is 2.26. The van der Waals surface area contributed by atoms with Crippen LogP contribution in [0.25, 0.3) is 0 Å². The maximum absolute atomic E-state index is 13.9. The molecule has 1 N–H and O–H groups in total. The quantitative estimate of drug-likeness (QED) is 0.688. The van der Waals surface area contributed by atoms with Gasteiger partial charge in [-0.1, -0.05) is 13.8 Å². The van der Waals surface area contributed by atoms with Crippen LogP contribution in [0.4, 0.5) is 4.39 Å². The van der Waals surface area contributed by atoms with Crippen LogP contribution in [0, 0.1) is 40.4 Å². The molecule has 0 aliphatic heterocycles. The van der Waals surface area contributed by atoms with E-state index < -0.39 is 6.17 Å². The summed E-state index contributed by atoms with van der Waals surface area (Å²) >= 11 is 0. The summed E-state index contributed by atoms with van der Waals surface area (Å²) < 4.78 is 13.9. The monoisotopic (exact) mass is 322 g/mol. The van der Waals surface area contributed by atoms with Crippen molar-refractivity contribution in [2.75, 3.05) is 0 Å². The van der Waals surface area contributed by atoms with Gasteiger partial charge in [-0.15, -0.1) is 0 Å². The highest BCUT2D eigenvalue weighted by atomic mass is 19.1. The summed E-state index contributed by atoms with van der Waals surface area (Å²) in [5, 5.41) is 10.3. The SMILES string of the molecule is C[C@H](O)[C@H]1CCC2C3CC[C@H]4C[C@@H](F)CC[C@]4(C)C3CC[C@@]21C. The summed E-state index contributed by atoms with van der Waals surface area (Å²) in [4.78, 5) is 0. The van der Waals surface area contributed by atoms with E-state index in [0.29, 0.717) is 22.7 Å². The van der Waals surface area contributed by atoms with Crippen molar-refractivity contribution in [1.29, 1.82) is 0 Å². The summed E-state index contributed by atoms with van der Waals surface area (Å²) in [5.41, 5.74) is 0.756. The molecule has 0 radical (unpaired) electrons. The highest BCUT2D eigenvalue weighted by molar-refractivity contribution is 5.09. The zero-order chi connectivity index (χ0) is 16.4. The number of fused-ring (bicyclic) bond motifs is 5. The molecule has 4 fully saturated rings. The molecule has 9 atom stereocenters. The highest BCUT2D eigenvalue weighted by Gasteiger charge is 2.60. The van der Waals surface area contributed by atoms with Crippen molar-refractivity contribution in [3.8, 4) is 0 Å². The van der Waals surface area contributed by atoms with E-state index in [4.69, 9.17) is 0 Å². The first-order valence-electron chi connectivity index (χ1n) is 10.2. The van der Waals surface area contributed by atoms with Gasteiger partial charge in [0, 0.05) is 0 Å². The minimum absolute atomic E-state index is 0.157. The number of aliphatic hydroxyl groups is 1. The smallest absolute Gasteiger partial charge is 0.100 e. The second-order valence-electron chi connectivity index (χ2n) is 10.00. The Kier molecular flexibility index (Phi) is 3.87. The first kappa shape index (κ1) is 16.4. The van der Waals surface area contributed by atoms with E-state index in [-0.39, 0.29) is 6.10 Å². The van der Waals surface area contributed by atoms with E-state index in [2.05, 4.69) is 13.8 Å². The fraction of sp³-hybridized carbons (Fsp3) is 1.00. The highest BCUT2D eigenvalue weighted by Crippen LogP contribution is 2.67. The molecule has 1 nitrogen and oxygen atoms in total. The Morgan fingerprint density at radius 3 is 2.35 bits per heavy atom. The summed E-state index contributed by atoms with van der Waals surface area (Å²) in [5.74, 6) is 3.60. The fourth-order valence-corrected chi connectivity index (χ4v) is 8.04. The molecular weight excluding hydrogens is 287 g/mol. The summed E-state index contributed by atoms with van der Waals surface area (Å²) in [6.07, 6.45) is 9.78. The summed E-state index contributed by atoms with van der Waals surface area (Å²) in [6, 6.07) is 0. The predicted octanol–water partition coefficient (Wildman–Crippen LogP) is 5.36. The Labute approximate surface area is 141 Å². The molecule has 4 rings (SSSR count). The van der Waals surface area contributed by atoms with Crippen LogP contribution in [0.5, 0.6) is 0 Å². The zero-order valence-electron chi connectivity index (χ0n) is 15.2. The Morgan fingerprint density at radius 1 is 0.913 bits per heavy atom. The van der Waals surface area contributed by atoms with Crippen molar-refractivity contribution in [3.63, 3.8) is 0 Å². The molecule has 0 aromatic heterocycles. The minimum Gasteiger partial charge on any atom is -0.393 e. The van der Waals surface area contributed by atoms with Crippen LogP contribution in [0.1, 0.15) is 78.6 Å². The molecule has 0 amide bonds. The van der Waals surface area contributed by atoms with Crippen molar-refractivity contribution in [2.45, 2.75) is 90.8 Å². The van der Waals surface area contributed by atoms with Crippen molar-refractivity contribution in [1.82, 2.24) is 0 Å². The van der Waals surface area contributed by atoms with E-state index in [1.54, 1.807) is 0 Å². The van der Waals surface area contributed by atoms with Gasteiger partial charge in [-0.25, -0.2) is 4.39 Å². The second-order valence-corrected chi connectivity index (χ2v) is 10.00. The molecule has 4 aliphatic rings. The van der Waals surface area contributed by atoms with Gasteiger partial charge in [0.15, 0.2) is 0 Å². The first-order chi connectivity index (χ1) is 10.9. The molecule has 0 spiro atoms. The molecule has 3 unspecified atom stereocenters. The van der Waals surface area contributed by atoms with Gasteiger partial charge < -0.3 is 5.11 Å². The van der Waals surface area contributed by atoms with Gasteiger partial charge in [-0.3, -0.25) is 0 Å². The normalized spacial score (nSPS) is 57.3. The Balaban J connectivity index is 1.60. The van der Waals surface area contributed by atoms with Crippen LogP contribution in [0.2, 0.25) is 0 Å². The fourth-order valence-electron chi connectivity index (χ4n) is 8.04. The number of hydrogen-bond acceptors (Lipinski definition) is 1. The average molecular weight is 323 g/mol. The van der Waals surface area contributed by atoms with Gasteiger partial charge in [0.05, 0.1) is 6.10 Å². The maximum atomic E-state index is 13.9. The number of halogens is 1. The van der Waals surface area contributed by atoms with E-state index >= 15 is 0 Å². The molecule has 4 saturated carbocycles. The minimum atomic E-state index is -0.537. The van der Waals surface area contributed by atoms with E-state index in [1.165, 1.54) is 38.5 Å². The number of hydrogen-bond donors (Lipinski definition) is 1. The largest absolute Gasteiger partial charge is 0.393 e. The lowest BCUT2D eigenvalue weighted by Crippen LogP contribution is -2.54. The van der Waals surface area contributed by atoms with Crippen molar-refractivity contribution in [3.05, 3.63) is 0 Å². The third-order valence-electron chi connectivity index (χ3n) is 9.26. The van der Waals surface area contributed by atoms with Crippen molar-refractivity contribution < 1.29 is 9.50 Å². The Morgan fingerprint density at radius 2 is 1.61 bits per heavy atom. The summed E-state index contributed by atoms with van der Waals surface area (Å²) in [6.45, 7) is 6.99. The van der Waals surface area contributed by atoms with Gasteiger partial charge in [-0.2, -0.15) is 0 Å². The van der Waals surface area contributed by atoms with Crippen LogP contribution in [-0.2, 0) is 0 Å². The predicted molar refractivity (Wildman–Crippen MR) is 91.8 cm³/mol. The molecule has 0 bridgehead atoms. The molecular formula is C21H35FO. The van der Waals surface area contributed by atoms with Gasteiger partial charge in [0.1, 0.15) is 6.17 Å². The average Bonchev–Trinajstić information content (AvgIpc) is 2.85. The molecule has 23 heavy (non-hydrogen) atoms. The van der Waals surface area contributed by atoms with Crippen molar-refractivity contribution >= 4 is 0 Å². The molecule has 4 aliphatic carbocycles. The second kappa shape index (κ2) is 5.44. The number of alkyl halides is 1. The first-order valence-corrected chi connectivity index (χ1v) is 10.2. The molecule has 0 heterocycles. The van der Waals surface area contributed by atoms with E-state index in [0.717, 1.165) is 37.0 Å². The summed E-state index contributed by atoms with van der Waals surface area (Å²) in [7, 11) is 0. The van der Waals surface area contributed by atoms with E-state index in [1.807, 2.05) is 6.92 Å². The van der Waals surface area contributed by atoms with Gasteiger partial charge >= 0.3 is 0 Å². The lowest BCUT2D eigenvalue weighted by Gasteiger charge is -2.61. The lowest BCUT2D eigenvalue weighted by atomic mass is 9.44. The standard InChI is InChI=1S/C21H35FO/c1-13(23)17-6-7-18-16-5-4-14-12-15(22)8-10-20(14,2)19(16)9-11-21(17,18)3/h13-19,23H,4-12H2,1-3H3/t13-,14-,15-,16?,17+,18?,19?,20-,21+/m0/s1. The topological polar surface area (TPSA) is 20.2 Å². The Hall–Kier alpha value is -0.110. The van der Waals surface area contributed by atoms with Crippen LogP contribution < -0.4 is 0 Å². The lowest BCUT2D eigenvalue weighted by molar-refractivity contribution is -0.126. The van der Waals surface area contributed by atoms with Gasteiger partial charge in [0.25, 0.3) is 0 Å². The Bertz CT molecular complexity index is 463. The zero-order valence-corrected chi connectivity index (χ0v) is 15.2. The van der Waals surface area contributed by atoms with Gasteiger partial charge in [-0.05, 0) is 105 Å². The molecule has 0 aromatic rings. The third-order valence-corrected chi connectivity index (χ3v) is 9.26. The van der Waals surface area contributed by atoms with E-state index in [9.17, 15) is 9.50 Å². The van der Waals surface area contributed by atoms with Crippen LogP contribution >= 0.6 is 0 Å². The number of aliphatic hydroxyl groups excluding tert-OH is 1.